The van der Waals surface area contributed by atoms with Crippen LogP contribution in [0, 0.1) is 11.6 Å². The zero-order valence-electron chi connectivity index (χ0n) is 15.4. The number of carbonyl (C=O) groups is 1. The van der Waals surface area contributed by atoms with Crippen molar-refractivity contribution in [2.75, 3.05) is 17.1 Å². The molecule has 2 N–H and O–H groups in total. The predicted molar refractivity (Wildman–Crippen MR) is 110 cm³/mol. The molecular formula is C20H15ClF2N2O4S. The van der Waals surface area contributed by atoms with Crippen molar-refractivity contribution < 1.29 is 26.7 Å². The highest BCUT2D eigenvalue weighted by Gasteiger charge is 2.17. The normalized spacial score (nSPS) is 11.1. The van der Waals surface area contributed by atoms with Gasteiger partial charge in [-0.05, 0) is 60.7 Å². The summed E-state index contributed by atoms with van der Waals surface area (Å²) >= 11 is 6.02. The van der Waals surface area contributed by atoms with Gasteiger partial charge in [0.25, 0.3) is 15.9 Å². The van der Waals surface area contributed by atoms with Crippen LogP contribution in [0.15, 0.2) is 65.6 Å². The van der Waals surface area contributed by atoms with Crippen molar-refractivity contribution in [3.63, 3.8) is 0 Å². The minimum Gasteiger partial charge on any atom is -0.495 e. The summed E-state index contributed by atoms with van der Waals surface area (Å²) in [6, 6.07) is 12.6. The minimum absolute atomic E-state index is 0.142. The van der Waals surface area contributed by atoms with E-state index >= 15 is 0 Å². The van der Waals surface area contributed by atoms with E-state index in [1.807, 2.05) is 0 Å². The molecule has 10 heteroatoms. The standard InChI is InChI=1S/C20H15ClF2N2O4S/c1-29-19-9-6-14(10-16(19)21)24-20(26)12-2-4-13(5-3-12)25-30(27,28)15-7-8-17(22)18(23)11-15/h2-11,25H,1H3,(H,24,26). The number of halogens is 3. The topological polar surface area (TPSA) is 84.5 Å². The number of amides is 1. The molecule has 0 fully saturated rings. The van der Waals surface area contributed by atoms with Crippen LogP contribution in [-0.4, -0.2) is 21.4 Å². The van der Waals surface area contributed by atoms with Crippen LogP contribution >= 0.6 is 11.6 Å². The van der Waals surface area contributed by atoms with E-state index in [0.717, 1.165) is 12.1 Å². The fourth-order valence-electron chi connectivity index (χ4n) is 2.50. The highest BCUT2D eigenvalue weighted by molar-refractivity contribution is 7.92. The fraction of sp³-hybridized carbons (Fsp3) is 0.0500. The molecule has 0 unspecified atom stereocenters. The molecular weight excluding hydrogens is 438 g/mol. The number of sulfonamides is 1. The third kappa shape index (κ3) is 4.87. The van der Waals surface area contributed by atoms with Gasteiger partial charge >= 0.3 is 0 Å². The van der Waals surface area contributed by atoms with E-state index in [1.54, 1.807) is 12.1 Å². The van der Waals surface area contributed by atoms with E-state index in [0.29, 0.717) is 22.5 Å². The van der Waals surface area contributed by atoms with Crippen molar-refractivity contribution in [3.8, 4) is 5.75 Å². The summed E-state index contributed by atoms with van der Waals surface area (Å²) in [6.07, 6.45) is 0. The van der Waals surface area contributed by atoms with Crippen molar-refractivity contribution in [1.29, 1.82) is 0 Å². The molecule has 6 nitrogen and oxygen atoms in total. The van der Waals surface area contributed by atoms with Gasteiger partial charge in [-0.25, -0.2) is 17.2 Å². The minimum atomic E-state index is -4.13. The number of ether oxygens (including phenoxy) is 1. The molecule has 0 aliphatic rings. The first-order valence-corrected chi connectivity index (χ1v) is 10.3. The summed E-state index contributed by atoms with van der Waals surface area (Å²) in [5, 5.41) is 2.99. The van der Waals surface area contributed by atoms with Crippen LogP contribution in [-0.2, 0) is 10.0 Å². The molecule has 156 valence electrons. The highest BCUT2D eigenvalue weighted by atomic mass is 35.5. The van der Waals surface area contributed by atoms with Crippen LogP contribution in [0.2, 0.25) is 5.02 Å². The molecule has 3 aromatic carbocycles. The summed E-state index contributed by atoms with van der Waals surface area (Å²) in [5.74, 6) is -2.40. The lowest BCUT2D eigenvalue weighted by molar-refractivity contribution is 0.102. The first-order valence-electron chi connectivity index (χ1n) is 8.42. The second-order valence-corrected chi connectivity index (χ2v) is 8.15. The van der Waals surface area contributed by atoms with Crippen molar-refractivity contribution in [1.82, 2.24) is 0 Å². The molecule has 0 bridgehead atoms. The summed E-state index contributed by atoms with van der Waals surface area (Å²) < 4.78 is 58.2. The SMILES string of the molecule is COc1ccc(NC(=O)c2ccc(NS(=O)(=O)c3ccc(F)c(F)c3)cc2)cc1Cl. The van der Waals surface area contributed by atoms with Gasteiger partial charge in [0, 0.05) is 16.9 Å². The number of carbonyl (C=O) groups excluding carboxylic acids is 1. The van der Waals surface area contributed by atoms with Gasteiger partial charge in [0.1, 0.15) is 5.75 Å². The molecule has 3 rings (SSSR count). The van der Waals surface area contributed by atoms with Gasteiger partial charge in [-0.3, -0.25) is 9.52 Å². The van der Waals surface area contributed by atoms with Gasteiger partial charge in [0.15, 0.2) is 11.6 Å². The van der Waals surface area contributed by atoms with Crippen molar-refractivity contribution in [3.05, 3.63) is 82.9 Å². The molecule has 0 aliphatic heterocycles. The van der Waals surface area contributed by atoms with E-state index in [2.05, 4.69) is 10.0 Å². The zero-order valence-corrected chi connectivity index (χ0v) is 17.0. The molecule has 30 heavy (non-hydrogen) atoms. The van der Waals surface area contributed by atoms with Crippen LogP contribution in [0.5, 0.6) is 5.75 Å². The van der Waals surface area contributed by atoms with Crippen LogP contribution < -0.4 is 14.8 Å². The van der Waals surface area contributed by atoms with Crippen LogP contribution in [0.1, 0.15) is 10.4 Å². The first-order chi connectivity index (χ1) is 14.2. The maximum Gasteiger partial charge on any atom is 0.261 e. The smallest absolute Gasteiger partial charge is 0.261 e. The van der Waals surface area contributed by atoms with Crippen molar-refractivity contribution in [2.24, 2.45) is 0 Å². The Hall–Kier alpha value is -3.17. The van der Waals surface area contributed by atoms with E-state index in [4.69, 9.17) is 16.3 Å². The lowest BCUT2D eigenvalue weighted by Gasteiger charge is -2.10. The molecule has 0 saturated heterocycles. The lowest BCUT2D eigenvalue weighted by atomic mass is 10.2. The van der Waals surface area contributed by atoms with E-state index in [1.165, 1.54) is 37.4 Å². The van der Waals surface area contributed by atoms with E-state index in [-0.39, 0.29) is 11.3 Å². The Bertz CT molecular complexity index is 1200. The highest BCUT2D eigenvalue weighted by Crippen LogP contribution is 2.27. The Morgan fingerprint density at radius 3 is 2.20 bits per heavy atom. The average molecular weight is 453 g/mol. The molecule has 0 radical (unpaired) electrons. The molecule has 0 aliphatic carbocycles. The second-order valence-electron chi connectivity index (χ2n) is 6.06. The number of anilines is 2. The molecule has 0 heterocycles. The lowest BCUT2D eigenvalue weighted by Crippen LogP contribution is -2.14. The van der Waals surface area contributed by atoms with Crippen molar-refractivity contribution >= 4 is 38.9 Å². The fourth-order valence-corrected chi connectivity index (χ4v) is 3.82. The van der Waals surface area contributed by atoms with Crippen LogP contribution in [0.4, 0.5) is 20.2 Å². The number of hydrogen-bond donors (Lipinski definition) is 2. The number of nitrogens with one attached hydrogen (secondary N) is 2. The summed E-state index contributed by atoms with van der Waals surface area (Å²) in [4.78, 5) is 11.9. The molecule has 1 amide bonds. The van der Waals surface area contributed by atoms with Gasteiger partial charge < -0.3 is 10.1 Å². The predicted octanol–water partition coefficient (Wildman–Crippen LogP) is 4.68. The van der Waals surface area contributed by atoms with Gasteiger partial charge in [-0.15, -0.1) is 0 Å². The number of benzene rings is 3. The zero-order chi connectivity index (χ0) is 21.9. The van der Waals surface area contributed by atoms with Gasteiger partial charge in [-0.2, -0.15) is 0 Å². The second kappa shape index (κ2) is 8.68. The molecule has 0 saturated carbocycles. The molecule has 3 aromatic rings. The largest absolute Gasteiger partial charge is 0.495 e. The summed E-state index contributed by atoms with van der Waals surface area (Å²) in [7, 11) is -2.66. The van der Waals surface area contributed by atoms with Gasteiger partial charge in [0.2, 0.25) is 0 Å². The number of hydrogen-bond acceptors (Lipinski definition) is 4. The maximum absolute atomic E-state index is 13.3. The number of methoxy groups -OCH3 is 1. The average Bonchev–Trinajstić information content (AvgIpc) is 2.70. The quantitative estimate of drug-likeness (QED) is 0.568. The maximum atomic E-state index is 13.3. The summed E-state index contributed by atoms with van der Waals surface area (Å²) in [5.41, 5.74) is 0.857. The number of rotatable bonds is 6. The van der Waals surface area contributed by atoms with E-state index < -0.39 is 32.5 Å². The van der Waals surface area contributed by atoms with Gasteiger partial charge in [0.05, 0.1) is 17.0 Å². The van der Waals surface area contributed by atoms with Crippen LogP contribution in [0.25, 0.3) is 0 Å². The Morgan fingerprint density at radius 1 is 0.933 bits per heavy atom. The summed E-state index contributed by atoms with van der Waals surface area (Å²) in [6.45, 7) is 0. The first kappa shape index (κ1) is 21.5. The Morgan fingerprint density at radius 2 is 1.60 bits per heavy atom. The Balaban J connectivity index is 1.71. The third-order valence-corrected chi connectivity index (χ3v) is 5.68. The Kier molecular flexibility index (Phi) is 6.23. The monoisotopic (exact) mass is 452 g/mol. The molecule has 0 aromatic heterocycles. The Labute approximate surface area is 176 Å². The van der Waals surface area contributed by atoms with Crippen molar-refractivity contribution in [2.45, 2.75) is 4.90 Å². The molecule has 0 spiro atoms. The van der Waals surface area contributed by atoms with Gasteiger partial charge in [-0.1, -0.05) is 11.6 Å². The van der Waals surface area contributed by atoms with Crippen LogP contribution in [0.3, 0.4) is 0 Å². The molecule has 0 atom stereocenters. The van der Waals surface area contributed by atoms with E-state index in [9.17, 15) is 22.0 Å². The third-order valence-electron chi connectivity index (χ3n) is 4.01.